The van der Waals surface area contributed by atoms with Crippen molar-refractivity contribution in [1.29, 1.82) is 0 Å². The quantitative estimate of drug-likeness (QED) is 0.909. The SMILES string of the molecule is O=C(NCc1ccco1)C1CC(=O)N(c2ccccc2Br)C1. The summed E-state index contributed by atoms with van der Waals surface area (Å²) in [6, 6.07) is 11.1. The van der Waals surface area contributed by atoms with Crippen molar-refractivity contribution in [2.45, 2.75) is 13.0 Å². The van der Waals surface area contributed by atoms with Gasteiger partial charge in [-0.25, -0.2) is 0 Å². The van der Waals surface area contributed by atoms with Crippen molar-refractivity contribution in [2.24, 2.45) is 5.92 Å². The normalized spacial score (nSPS) is 17.8. The Kier molecular flexibility index (Phi) is 4.29. The lowest BCUT2D eigenvalue weighted by molar-refractivity contribution is -0.126. The fourth-order valence-corrected chi connectivity index (χ4v) is 3.02. The molecule has 1 aromatic heterocycles. The lowest BCUT2D eigenvalue weighted by atomic mass is 10.1. The Balaban J connectivity index is 1.64. The summed E-state index contributed by atoms with van der Waals surface area (Å²) in [5.41, 5.74) is 0.800. The Hall–Kier alpha value is -2.08. The third-order valence-electron chi connectivity index (χ3n) is 3.66. The first-order valence-electron chi connectivity index (χ1n) is 7.00. The molecule has 1 saturated heterocycles. The molecule has 1 atom stereocenters. The number of anilines is 1. The van der Waals surface area contributed by atoms with Crippen LogP contribution in [0.3, 0.4) is 0 Å². The number of carbonyl (C=O) groups is 2. The largest absolute Gasteiger partial charge is 0.467 e. The van der Waals surface area contributed by atoms with E-state index in [0.29, 0.717) is 18.8 Å². The van der Waals surface area contributed by atoms with Gasteiger partial charge >= 0.3 is 0 Å². The Morgan fingerprint density at radius 2 is 2.14 bits per heavy atom. The topological polar surface area (TPSA) is 62.6 Å². The van der Waals surface area contributed by atoms with Crippen LogP contribution in [0.2, 0.25) is 0 Å². The average molecular weight is 363 g/mol. The number of nitrogens with one attached hydrogen (secondary N) is 1. The summed E-state index contributed by atoms with van der Waals surface area (Å²) in [7, 11) is 0. The first-order valence-corrected chi connectivity index (χ1v) is 7.79. The second kappa shape index (κ2) is 6.36. The van der Waals surface area contributed by atoms with Crippen molar-refractivity contribution >= 4 is 33.4 Å². The third-order valence-corrected chi connectivity index (χ3v) is 4.33. The van der Waals surface area contributed by atoms with Gasteiger partial charge in [-0.3, -0.25) is 9.59 Å². The standard InChI is InChI=1S/C16H15BrN2O3/c17-13-5-1-2-6-14(13)19-10-11(8-15(19)20)16(21)18-9-12-4-3-7-22-12/h1-7,11H,8-10H2,(H,18,21). The van der Waals surface area contributed by atoms with Gasteiger partial charge in [0, 0.05) is 17.4 Å². The molecule has 6 heteroatoms. The molecule has 1 N–H and O–H groups in total. The van der Waals surface area contributed by atoms with E-state index in [4.69, 9.17) is 4.42 Å². The van der Waals surface area contributed by atoms with E-state index >= 15 is 0 Å². The zero-order chi connectivity index (χ0) is 15.5. The number of halogens is 1. The number of hydrogen-bond donors (Lipinski definition) is 1. The highest BCUT2D eigenvalue weighted by atomic mass is 79.9. The highest BCUT2D eigenvalue weighted by Gasteiger charge is 2.35. The summed E-state index contributed by atoms with van der Waals surface area (Å²) in [6.45, 7) is 0.733. The number of para-hydroxylation sites is 1. The van der Waals surface area contributed by atoms with Gasteiger partial charge in [0.05, 0.1) is 24.4 Å². The fourth-order valence-electron chi connectivity index (χ4n) is 2.52. The van der Waals surface area contributed by atoms with Crippen LogP contribution in [-0.4, -0.2) is 18.4 Å². The third kappa shape index (κ3) is 3.06. The summed E-state index contributed by atoms with van der Waals surface area (Å²) in [6.07, 6.45) is 1.79. The van der Waals surface area contributed by atoms with Gasteiger partial charge in [-0.15, -0.1) is 0 Å². The summed E-state index contributed by atoms with van der Waals surface area (Å²) in [5.74, 6) is 0.194. The van der Waals surface area contributed by atoms with E-state index in [0.717, 1.165) is 10.2 Å². The molecule has 0 spiro atoms. The molecule has 0 aliphatic carbocycles. The van der Waals surface area contributed by atoms with Crippen LogP contribution in [0.5, 0.6) is 0 Å². The van der Waals surface area contributed by atoms with E-state index < -0.39 is 0 Å². The Morgan fingerprint density at radius 1 is 1.32 bits per heavy atom. The second-order valence-corrected chi connectivity index (χ2v) is 6.01. The molecule has 2 heterocycles. The number of benzene rings is 1. The lowest BCUT2D eigenvalue weighted by Crippen LogP contribution is -2.32. The van der Waals surface area contributed by atoms with Crippen molar-refractivity contribution in [3.05, 3.63) is 52.9 Å². The minimum absolute atomic E-state index is 0.0370. The predicted octanol–water partition coefficient (Wildman–Crippen LogP) is 2.71. The van der Waals surface area contributed by atoms with E-state index in [9.17, 15) is 9.59 Å². The Labute approximate surface area is 136 Å². The number of carbonyl (C=O) groups excluding carboxylic acids is 2. The molecule has 0 saturated carbocycles. The smallest absolute Gasteiger partial charge is 0.227 e. The van der Waals surface area contributed by atoms with Crippen molar-refractivity contribution < 1.29 is 14.0 Å². The summed E-state index contributed by atoms with van der Waals surface area (Å²) in [4.78, 5) is 26.0. The van der Waals surface area contributed by atoms with Crippen LogP contribution in [0.4, 0.5) is 5.69 Å². The summed E-state index contributed by atoms with van der Waals surface area (Å²) in [5, 5.41) is 2.81. The van der Waals surface area contributed by atoms with Gasteiger partial charge in [0.1, 0.15) is 5.76 Å². The average Bonchev–Trinajstić information content (AvgIpc) is 3.15. The summed E-state index contributed by atoms with van der Waals surface area (Å²) < 4.78 is 6.02. The zero-order valence-electron chi connectivity index (χ0n) is 11.8. The van der Waals surface area contributed by atoms with Crippen LogP contribution in [0.25, 0.3) is 0 Å². The molecule has 1 aromatic carbocycles. The molecule has 3 rings (SSSR count). The van der Waals surface area contributed by atoms with Gasteiger partial charge in [0.2, 0.25) is 11.8 Å². The predicted molar refractivity (Wildman–Crippen MR) is 85.2 cm³/mol. The molecule has 5 nitrogen and oxygen atoms in total. The second-order valence-electron chi connectivity index (χ2n) is 5.15. The molecule has 2 amide bonds. The maximum atomic E-state index is 12.2. The molecular formula is C16H15BrN2O3. The van der Waals surface area contributed by atoms with E-state index in [1.165, 1.54) is 0 Å². The number of rotatable bonds is 4. The summed E-state index contributed by atoms with van der Waals surface area (Å²) >= 11 is 3.44. The van der Waals surface area contributed by atoms with Crippen LogP contribution in [0.15, 0.2) is 51.6 Å². The van der Waals surface area contributed by atoms with Crippen LogP contribution in [0.1, 0.15) is 12.2 Å². The van der Waals surface area contributed by atoms with Crippen molar-refractivity contribution in [1.82, 2.24) is 5.32 Å². The van der Waals surface area contributed by atoms with E-state index in [1.54, 1.807) is 23.3 Å². The number of furan rings is 1. The monoisotopic (exact) mass is 362 g/mol. The molecule has 1 unspecified atom stereocenters. The minimum Gasteiger partial charge on any atom is -0.467 e. The van der Waals surface area contributed by atoms with Crippen molar-refractivity contribution in [3.63, 3.8) is 0 Å². The van der Waals surface area contributed by atoms with Gasteiger partial charge in [-0.05, 0) is 40.2 Å². The van der Waals surface area contributed by atoms with Gasteiger partial charge in [0.15, 0.2) is 0 Å². The molecule has 2 aromatic rings. The van der Waals surface area contributed by atoms with Crippen molar-refractivity contribution in [3.8, 4) is 0 Å². The molecular weight excluding hydrogens is 348 g/mol. The van der Waals surface area contributed by atoms with Crippen LogP contribution < -0.4 is 10.2 Å². The number of amides is 2. The van der Waals surface area contributed by atoms with E-state index in [2.05, 4.69) is 21.2 Å². The maximum Gasteiger partial charge on any atom is 0.227 e. The highest BCUT2D eigenvalue weighted by Crippen LogP contribution is 2.31. The van der Waals surface area contributed by atoms with Crippen LogP contribution in [0, 0.1) is 5.92 Å². The van der Waals surface area contributed by atoms with Gasteiger partial charge in [0.25, 0.3) is 0 Å². The van der Waals surface area contributed by atoms with Crippen LogP contribution >= 0.6 is 15.9 Å². The lowest BCUT2D eigenvalue weighted by Gasteiger charge is -2.18. The molecule has 1 aliphatic heterocycles. The van der Waals surface area contributed by atoms with Gasteiger partial charge in [-0.1, -0.05) is 12.1 Å². The Morgan fingerprint density at radius 3 is 2.86 bits per heavy atom. The molecule has 1 fully saturated rings. The fraction of sp³-hybridized carbons (Fsp3) is 0.250. The van der Waals surface area contributed by atoms with E-state index in [1.807, 2.05) is 24.3 Å². The molecule has 0 bridgehead atoms. The Bertz CT molecular complexity index is 684. The minimum atomic E-state index is -0.338. The van der Waals surface area contributed by atoms with Gasteiger partial charge in [-0.2, -0.15) is 0 Å². The molecule has 22 heavy (non-hydrogen) atoms. The molecule has 0 radical (unpaired) electrons. The zero-order valence-corrected chi connectivity index (χ0v) is 13.4. The van der Waals surface area contributed by atoms with E-state index in [-0.39, 0.29) is 24.2 Å². The maximum absolute atomic E-state index is 12.2. The van der Waals surface area contributed by atoms with Gasteiger partial charge < -0.3 is 14.6 Å². The first kappa shape index (κ1) is 14.8. The highest BCUT2D eigenvalue weighted by molar-refractivity contribution is 9.10. The first-order chi connectivity index (χ1) is 10.6. The molecule has 1 aliphatic rings. The molecule has 114 valence electrons. The number of hydrogen-bond acceptors (Lipinski definition) is 3. The van der Waals surface area contributed by atoms with Crippen LogP contribution in [-0.2, 0) is 16.1 Å². The number of nitrogens with zero attached hydrogens (tertiary/aromatic N) is 1. The van der Waals surface area contributed by atoms with Crippen molar-refractivity contribution in [2.75, 3.05) is 11.4 Å².